The van der Waals surface area contributed by atoms with E-state index >= 15 is 0 Å². The van der Waals surface area contributed by atoms with E-state index in [4.69, 9.17) is 32.7 Å². The Kier molecular flexibility index (Phi) is 8.13. The number of nitrogens with one attached hydrogen (secondary N) is 1. The number of piperidine rings is 1. The van der Waals surface area contributed by atoms with Gasteiger partial charge in [0.1, 0.15) is 5.82 Å². The van der Waals surface area contributed by atoms with Gasteiger partial charge in [0.2, 0.25) is 0 Å². The molecule has 8 nitrogen and oxygen atoms in total. The summed E-state index contributed by atoms with van der Waals surface area (Å²) in [6, 6.07) is 8.94. The Balaban J connectivity index is 1.48. The number of benzene rings is 2. The maximum atomic E-state index is 13.3. The Morgan fingerprint density at radius 1 is 1.00 bits per heavy atom. The lowest BCUT2D eigenvalue weighted by Gasteiger charge is -2.39. The molecule has 3 aromatic rings. The maximum Gasteiger partial charge on any atom is 0.417 e. The summed E-state index contributed by atoms with van der Waals surface area (Å²) in [5, 5.41) is 10.8. The fourth-order valence-electron chi connectivity index (χ4n) is 4.33. The summed E-state index contributed by atoms with van der Waals surface area (Å²) in [5.74, 6) is 0.959. The van der Waals surface area contributed by atoms with Gasteiger partial charge in [-0.3, -0.25) is 4.72 Å². The van der Waals surface area contributed by atoms with Crippen molar-refractivity contribution in [2.24, 2.45) is 0 Å². The SMILES string of the molecule is COc1ccc(S(=O)(=O)Nc2cnc(N3CCC(O)(c4ccc(Cl)c(C(F)(F)F)c4)CC3)c(Cl)c2)cc1OC. The molecule has 4 rings (SSSR count). The van der Waals surface area contributed by atoms with Gasteiger partial charge in [-0.05, 0) is 48.7 Å². The van der Waals surface area contributed by atoms with Crippen LogP contribution in [0.15, 0.2) is 53.6 Å². The molecule has 0 bridgehead atoms. The molecule has 14 heteroatoms. The first-order chi connectivity index (χ1) is 18.3. The van der Waals surface area contributed by atoms with Gasteiger partial charge in [0.25, 0.3) is 10.0 Å². The van der Waals surface area contributed by atoms with E-state index in [0.29, 0.717) is 11.6 Å². The zero-order valence-electron chi connectivity index (χ0n) is 20.7. The normalized spacial score (nSPS) is 15.6. The highest BCUT2D eigenvalue weighted by atomic mass is 35.5. The van der Waals surface area contributed by atoms with Gasteiger partial charge in [-0.25, -0.2) is 13.4 Å². The van der Waals surface area contributed by atoms with Crippen molar-refractivity contribution in [3.8, 4) is 11.5 Å². The summed E-state index contributed by atoms with van der Waals surface area (Å²) in [5.41, 5.74) is -2.26. The fourth-order valence-corrected chi connectivity index (χ4v) is 5.89. The summed E-state index contributed by atoms with van der Waals surface area (Å²) in [6.45, 7) is 0.480. The minimum Gasteiger partial charge on any atom is -0.493 e. The number of anilines is 2. The Labute approximate surface area is 233 Å². The van der Waals surface area contributed by atoms with Gasteiger partial charge in [0.05, 0.1) is 52.2 Å². The molecule has 0 radical (unpaired) electrons. The first-order valence-electron chi connectivity index (χ1n) is 11.5. The van der Waals surface area contributed by atoms with Gasteiger partial charge in [-0.2, -0.15) is 13.2 Å². The molecule has 0 spiro atoms. The molecule has 210 valence electrons. The molecule has 1 fully saturated rings. The maximum absolute atomic E-state index is 13.3. The summed E-state index contributed by atoms with van der Waals surface area (Å²) in [6.07, 6.45) is -3.13. The highest BCUT2D eigenvalue weighted by Gasteiger charge is 2.39. The van der Waals surface area contributed by atoms with Crippen LogP contribution < -0.4 is 19.1 Å². The average molecular weight is 606 g/mol. The van der Waals surface area contributed by atoms with E-state index < -0.39 is 32.4 Å². The molecule has 0 amide bonds. The van der Waals surface area contributed by atoms with Crippen molar-refractivity contribution in [3.63, 3.8) is 0 Å². The molecule has 1 aliphatic heterocycles. The van der Waals surface area contributed by atoms with Gasteiger partial charge in [0.15, 0.2) is 11.5 Å². The molecular formula is C25H24Cl2F3N3O5S. The second-order valence-corrected chi connectivity index (χ2v) is 11.4. The third kappa shape index (κ3) is 6.13. The molecule has 1 aliphatic rings. The monoisotopic (exact) mass is 605 g/mol. The molecular weight excluding hydrogens is 582 g/mol. The van der Waals surface area contributed by atoms with Crippen molar-refractivity contribution < 1.29 is 36.2 Å². The van der Waals surface area contributed by atoms with Gasteiger partial charge >= 0.3 is 6.18 Å². The number of rotatable bonds is 7. The first-order valence-corrected chi connectivity index (χ1v) is 13.8. The number of hydrogen-bond donors (Lipinski definition) is 2. The van der Waals surface area contributed by atoms with E-state index in [1.807, 2.05) is 0 Å². The number of nitrogens with zero attached hydrogens (tertiary/aromatic N) is 2. The number of alkyl halides is 3. The van der Waals surface area contributed by atoms with Crippen LogP contribution >= 0.6 is 23.2 Å². The third-order valence-electron chi connectivity index (χ3n) is 6.44. The van der Waals surface area contributed by atoms with E-state index in [2.05, 4.69) is 9.71 Å². The molecule has 0 unspecified atom stereocenters. The van der Waals surface area contributed by atoms with E-state index in [1.54, 1.807) is 4.90 Å². The number of pyridine rings is 1. The van der Waals surface area contributed by atoms with Crippen molar-refractivity contribution in [1.82, 2.24) is 4.98 Å². The number of hydrogen-bond acceptors (Lipinski definition) is 7. The van der Waals surface area contributed by atoms with Crippen LogP contribution in [0.5, 0.6) is 11.5 Å². The highest BCUT2D eigenvalue weighted by Crippen LogP contribution is 2.41. The quantitative estimate of drug-likeness (QED) is 0.355. The number of aliphatic hydroxyl groups is 1. The second-order valence-electron chi connectivity index (χ2n) is 8.86. The smallest absolute Gasteiger partial charge is 0.417 e. The van der Waals surface area contributed by atoms with Gasteiger partial charge < -0.3 is 19.5 Å². The molecule has 2 aromatic carbocycles. The van der Waals surface area contributed by atoms with E-state index in [0.717, 1.165) is 12.1 Å². The molecule has 39 heavy (non-hydrogen) atoms. The van der Waals surface area contributed by atoms with Crippen LogP contribution in [-0.2, 0) is 21.8 Å². The van der Waals surface area contributed by atoms with Crippen LogP contribution in [0.3, 0.4) is 0 Å². The van der Waals surface area contributed by atoms with Crippen molar-refractivity contribution >= 4 is 44.7 Å². The standard InChI is InChI=1S/C25H24Cl2F3N3O5S/c1-37-21-6-4-17(13-22(21)38-2)39(35,36)32-16-12-20(27)23(31-14-16)33-9-7-24(34,8-10-33)15-3-5-19(26)18(11-15)25(28,29)30/h3-6,11-14,32,34H,7-10H2,1-2H3. The van der Waals surface area contributed by atoms with Gasteiger partial charge in [-0.15, -0.1) is 0 Å². The van der Waals surface area contributed by atoms with Crippen molar-refractivity contribution in [3.05, 3.63) is 69.8 Å². The second kappa shape index (κ2) is 10.9. The van der Waals surface area contributed by atoms with Crippen molar-refractivity contribution in [2.75, 3.05) is 36.9 Å². The Morgan fingerprint density at radius 3 is 2.26 bits per heavy atom. The lowest BCUT2D eigenvalue weighted by atomic mass is 9.83. The van der Waals surface area contributed by atoms with Crippen LogP contribution in [0.2, 0.25) is 10.0 Å². The zero-order valence-corrected chi connectivity index (χ0v) is 23.0. The molecule has 0 atom stereocenters. The van der Waals surface area contributed by atoms with E-state index in [1.165, 1.54) is 50.7 Å². The Hall–Kier alpha value is -2.93. The predicted molar refractivity (Wildman–Crippen MR) is 141 cm³/mol. The molecule has 2 heterocycles. The topological polar surface area (TPSA) is 101 Å². The van der Waals surface area contributed by atoms with Crippen LogP contribution in [0, 0.1) is 0 Å². The van der Waals surface area contributed by atoms with Crippen molar-refractivity contribution in [1.29, 1.82) is 0 Å². The number of methoxy groups -OCH3 is 2. The van der Waals surface area contributed by atoms with E-state index in [-0.39, 0.29) is 52.8 Å². The molecule has 2 N–H and O–H groups in total. The van der Waals surface area contributed by atoms with Crippen molar-refractivity contribution in [2.45, 2.75) is 29.5 Å². The summed E-state index contributed by atoms with van der Waals surface area (Å²) in [7, 11) is -1.19. The zero-order chi connectivity index (χ0) is 28.6. The largest absolute Gasteiger partial charge is 0.493 e. The number of aromatic nitrogens is 1. The number of halogens is 5. The average Bonchev–Trinajstić information content (AvgIpc) is 2.88. The summed E-state index contributed by atoms with van der Waals surface area (Å²) < 4.78 is 78.4. The first kappa shape index (κ1) is 29.1. The minimum atomic E-state index is -4.65. The Bertz CT molecular complexity index is 1480. The fraction of sp³-hybridized carbons (Fsp3) is 0.320. The molecule has 1 saturated heterocycles. The number of ether oxygens (including phenoxy) is 2. The highest BCUT2D eigenvalue weighted by molar-refractivity contribution is 7.92. The lowest BCUT2D eigenvalue weighted by molar-refractivity contribution is -0.137. The van der Waals surface area contributed by atoms with Crippen LogP contribution in [0.4, 0.5) is 24.7 Å². The summed E-state index contributed by atoms with van der Waals surface area (Å²) >= 11 is 12.1. The van der Waals surface area contributed by atoms with Crippen LogP contribution in [0.25, 0.3) is 0 Å². The Morgan fingerprint density at radius 2 is 1.67 bits per heavy atom. The van der Waals surface area contributed by atoms with E-state index in [9.17, 15) is 26.7 Å². The molecule has 1 aromatic heterocycles. The molecule has 0 aliphatic carbocycles. The third-order valence-corrected chi connectivity index (χ3v) is 8.43. The molecule has 0 saturated carbocycles. The predicted octanol–water partition coefficient (Wildman–Crippen LogP) is 5.71. The van der Waals surface area contributed by atoms with Gasteiger partial charge in [0, 0.05) is 19.2 Å². The minimum absolute atomic E-state index is 0.0634. The van der Waals surface area contributed by atoms with Gasteiger partial charge in [-0.1, -0.05) is 29.3 Å². The van der Waals surface area contributed by atoms with Crippen LogP contribution in [-0.4, -0.2) is 45.8 Å². The lowest BCUT2D eigenvalue weighted by Crippen LogP contribution is -2.43. The van der Waals surface area contributed by atoms with Crippen LogP contribution in [0.1, 0.15) is 24.0 Å². The summed E-state index contributed by atoms with van der Waals surface area (Å²) in [4.78, 5) is 6.00. The number of sulfonamides is 1.